The maximum absolute atomic E-state index is 8.72. The number of nitrogens with zero attached hydrogens (tertiary/aromatic N) is 1. The van der Waals surface area contributed by atoms with E-state index in [0.717, 1.165) is 5.56 Å². The van der Waals surface area contributed by atoms with Gasteiger partial charge < -0.3 is 4.74 Å². The smallest absolute Gasteiger partial charge is 0.205 e. The van der Waals surface area contributed by atoms with Gasteiger partial charge in [0.1, 0.15) is 11.7 Å². The molecule has 3 heteroatoms. The number of nitriles is 1. The molecule has 0 saturated carbocycles. The molecule has 13 heavy (non-hydrogen) atoms. The van der Waals surface area contributed by atoms with Crippen LogP contribution in [0, 0.1) is 22.7 Å². The first-order valence-electron chi connectivity index (χ1n) is 4.05. The van der Waals surface area contributed by atoms with Gasteiger partial charge in [0, 0.05) is 6.42 Å². The van der Waals surface area contributed by atoms with Crippen molar-refractivity contribution < 1.29 is 4.74 Å². The Morgan fingerprint density at radius 1 is 1.46 bits per heavy atom. The van der Waals surface area contributed by atoms with Crippen LogP contribution in [0.25, 0.3) is 0 Å². The van der Waals surface area contributed by atoms with Crippen molar-refractivity contribution in [2.45, 2.75) is 6.42 Å². The first kappa shape index (κ1) is 7.81. The molecule has 0 bridgehead atoms. The van der Waals surface area contributed by atoms with E-state index in [9.17, 15) is 0 Å². The van der Waals surface area contributed by atoms with Crippen LogP contribution >= 0.6 is 0 Å². The van der Waals surface area contributed by atoms with E-state index in [4.69, 9.17) is 15.4 Å². The first-order valence-corrected chi connectivity index (χ1v) is 4.05. The van der Waals surface area contributed by atoms with Crippen molar-refractivity contribution in [3.05, 3.63) is 29.8 Å². The van der Waals surface area contributed by atoms with Crippen LogP contribution < -0.4 is 4.74 Å². The molecule has 1 atom stereocenters. The second kappa shape index (κ2) is 2.91. The van der Waals surface area contributed by atoms with Crippen molar-refractivity contribution in [2.24, 2.45) is 5.92 Å². The number of benzene rings is 1. The molecule has 0 spiro atoms. The maximum Gasteiger partial charge on any atom is 0.205 e. The standard InChI is InChI=1S/C10H8N2O/c11-6-8-5-7-3-1-2-4-9(7)13-10(8)12/h1-4,8,12H,5H2. The number of hydrogen-bond acceptors (Lipinski definition) is 3. The molecule has 1 heterocycles. The van der Waals surface area contributed by atoms with Crippen LogP contribution in [0.5, 0.6) is 5.75 Å². The van der Waals surface area contributed by atoms with Crippen molar-refractivity contribution in [1.29, 1.82) is 10.7 Å². The van der Waals surface area contributed by atoms with Crippen molar-refractivity contribution >= 4 is 5.90 Å². The molecule has 1 unspecified atom stereocenters. The molecule has 1 aliphatic rings. The van der Waals surface area contributed by atoms with Gasteiger partial charge in [-0.2, -0.15) is 5.26 Å². The minimum atomic E-state index is -0.421. The Hall–Kier alpha value is -1.82. The van der Waals surface area contributed by atoms with Crippen LogP contribution in [0.2, 0.25) is 0 Å². The van der Waals surface area contributed by atoms with E-state index in [1.165, 1.54) is 0 Å². The number of nitrogens with one attached hydrogen (secondary N) is 1. The Bertz CT molecular complexity index is 392. The van der Waals surface area contributed by atoms with Gasteiger partial charge in [-0.1, -0.05) is 18.2 Å². The maximum atomic E-state index is 8.72. The summed E-state index contributed by atoms with van der Waals surface area (Å²) in [5.41, 5.74) is 1.00. The second-order valence-electron chi connectivity index (χ2n) is 2.96. The van der Waals surface area contributed by atoms with E-state index < -0.39 is 5.92 Å². The lowest BCUT2D eigenvalue weighted by Gasteiger charge is -2.20. The van der Waals surface area contributed by atoms with Gasteiger partial charge >= 0.3 is 0 Å². The zero-order valence-corrected chi connectivity index (χ0v) is 6.95. The minimum absolute atomic E-state index is 0.0567. The summed E-state index contributed by atoms with van der Waals surface area (Å²) in [5.74, 6) is 0.343. The summed E-state index contributed by atoms with van der Waals surface area (Å²) in [7, 11) is 0. The van der Waals surface area contributed by atoms with Gasteiger partial charge in [0.2, 0.25) is 5.90 Å². The van der Waals surface area contributed by atoms with Crippen molar-refractivity contribution in [2.75, 3.05) is 0 Å². The number of ether oxygens (including phenoxy) is 1. The van der Waals surface area contributed by atoms with E-state index in [1.807, 2.05) is 30.3 Å². The van der Waals surface area contributed by atoms with E-state index >= 15 is 0 Å². The summed E-state index contributed by atoms with van der Waals surface area (Å²) >= 11 is 0. The molecular weight excluding hydrogens is 164 g/mol. The molecule has 1 N–H and O–H groups in total. The average molecular weight is 172 g/mol. The van der Waals surface area contributed by atoms with Crippen LogP contribution in [-0.2, 0) is 6.42 Å². The monoisotopic (exact) mass is 172 g/mol. The molecule has 0 fully saturated rings. The molecule has 1 aromatic carbocycles. The zero-order chi connectivity index (χ0) is 9.26. The van der Waals surface area contributed by atoms with Crippen molar-refractivity contribution in [3.63, 3.8) is 0 Å². The zero-order valence-electron chi connectivity index (χ0n) is 6.95. The Kier molecular flexibility index (Phi) is 1.75. The third-order valence-corrected chi connectivity index (χ3v) is 2.09. The minimum Gasteiger partial charge on any atom is -0.442 e. The summed E-state index contributed by atoms with van der Waals surface area (Å²) < 4.78 is 5.20. The topological polar surface area (TPSA) is 56.9 Å². The fraction of sp³-hybridized carbons (Fsp3) is 0.200. The van der Waals surface area contributed by atoms with Crippen LogP contribution in [0.15, 0.2) is 24.3 Å². The van der Waals surface area contributed by atoms with Gasteiger partial charge in [0.15, 0.2) is 0 Å². The number of hydrogen-bond donors (Lipinski definition) is 1. The summed E-state index contributed by atoms with van der Waals surface area (Å²) in [4.78, 5) is 0. The van der Waals surface area contributed by atoms with Crippen LogP contribution in [0.1, 0.15) is 5.56 Å². The molecule has 0 radical (unpaired) electrons. The SMILES string of the molecule is N#CC1Cc2ccccc2OC1=N. The molecule has 0 saturated heterocycles. The Labute approximate surface area is 76.1 Å². The first-order chi connectivity index (χ1) is 6.31. The largest absolute Gasteiger partial charge is 0.442 e. The summed E-state index contributed by atoms with van der Waals surface area (Å²) in [6.07, 6.45) is 0.589. The molecule has 3 nitrogen and oxygen atoms in total. The van der Waals surface area contributed by atoms with Crippen molar-refractivity contribution in [3.8, 4) is 11.8 Å². The number of para-hydroxylation sites is 1. The van der Waals surface area contributed by atoms with E-state index in [1.54, 1.807) is 0 Å². The Morgan fingerprint density at radius 2 is 2.23 bits per heavy atom. The molecule has 64 valence electrons. The normalized spacial score (nSPS) is 19.9. The highest BCUT2D eigenvalue weighted by Crippen LogP contribution is 2.27. The summed E-state index contributed by atoms with van der Waals surface area (Å²) in [6, 6.07) is 9.55. The second-order valence-corrected chi connectivity index (χ2v) is 2.96. The van der Waals surface area contributed by atoms with Crippen LogP contribution in [0.4, 0.5) is 0 Å². The Morgan fingerprint density at radius 3 is 3.00 bits per heavy atom. The van der Waals surface area contributed by atoms with E-state index in [2.05, 4.69) is 0 Å². The third-order valence-electron chi connectivity index (χ3n) is 2.09. The van der Waals surface area contributed by atoms with Gasteiger partial charge in [0.25, 0.3) is 0 Å². The predicted octanol–water partition coefficient (Wildman–Crippen LogP) is 1.74. The molecule has 0 amide bonds. The van der Waals surface area contributed by atoms with Crippen molar-refractivity contribution in [1.82, 2.24) is 0 Å². The van der Waals surface area contributed by atoms with Gasteiger partial charge in [-0.15, -0.1) is 0 Å². The van der Waals surface area contributed by atoms with Gasteiger partial charge in [-0.3, -0.25) is 5.41 Å². The summed E-state index contributed by atoms with van der Waals surface area (Å²) in [5, 5.41) is 16.1. The van der Waals surface area contributed by atoms with Gasteiger partial charge in [-0.05, 0) is 11.6 Å². The highest BCUT2D eigenvalue weighted by atomic mass is 16.5. The van der Waals surface area contributed by atoms with E-state index in [0.29, 0.717) is 12.2 Å². The lowest BCUT2D eigenvalue weighted by molar-refractivity contribution is 0.472. The molecule has 1 aromatic rings. The molecule has 0 aliphatic carbocycles. The average Bonchev–Trinajstić information content (AvgIpc) is 2.17. The van der Waals surface area contributed by atoms with Gasteiger partial charge in [-0.25, -0.2) is 0 Å². The quantitative estimate of drug-likeness (QED) is 0.648. The highest BCUT2D eigenvalue weighted by Gasteiger charge is 2.24. The number of rotatable bonds is 0. The Balaban J connectivity index is 2.39. The molecule has 2 rings (SSSR count). The fourth-order valence-corrected chi connectivity index (χ4v) is 1.38. The predicted molar refractivity (Wildman–Crippen MR) is 47.6 cm³/mol. The lowest BCUT2D eigenvalue weighted by atomic mass is 9.97. The van der Waals surface area contributed by atoms with E-state index in [-0.39, 0.29) is 5.90 Å². The van der Waals surface area contributed by atoms with Crippen LogP contribution in [0.3, 0.4) is 0 Å². The fourth-order valence-electron chi connectivity index (χ4n) is 1.38. The van der Waals surface area contributed by atoms with Crippen LogP contribution in [-0.4, -0.2) is 5.90 Å². The summed E-state index contributed by atoms with van der Waals surface area (Å²) in [6.45, 7) is 0. The molecule has 0 aromatic heterocycles. The molecular formula is C10H8N2O. The number of fused-ring (bicyclic) bond motifs is 1. The molecule has 1 aliphatic heterocycles. The van der Waals surface area contributed by atoms with Gasteiger partial charge in [0.05, 0.1) is 6.07 Å². The third kappa shape index (κ3) is 1.27. The highest BCUT2D eigenvalue weighted by molar-refractivity contribution is 5.82. The lowest BCUT2D eigenvalue weighted by Crippen LogP contribution is -2.25.